The number of methoxy groups -OCH3 is 2. The van der Waals surface area contributed by atoms with Gasteiger partial charge in [0.15, 0.2) is 11.3 Å². The van der Waals surface area contributed by atoms with Gasteiger partial charge < -0.3 is 18.6 Å². The van der Waals surface area contributed by atoms with Crippen LogP contribution in [0.25, 0.3) is 11.0 Å². The quantitative estimate of drug-likeness (QED) is 0.477. The minimum Gasteiger partial charge on any atom is -0.493 e. The smallest absolute Gasteiger partial charge is 0.336 e. The lowest BCUT2D eigenvalue weighted by atomic mass is 10.2. The Kier molecular flexibility index (Phi) is 3.41. The van der Waals surface area contributed by atoms with E-state index in [2.05, 4.69) is 0 Å². The van der Waals surface area contributed by atoms with Gasteiger partial charge in [0.05, 0.1) is 19.6 Å². The zero-order chi connectivity index (χ0) is 14.0. The van der Waals surface area contributed by atoms with E-state index in [1.165, 1.54) is 39.3 Å². The maximum Gasteiger partial charge on any atom is 0.336 e. The molecular weight excluding hydrogens is 252 g/mol. The van der Waals surface area contributed by atoms with Crippen molar-refractivity contribution in [3.63, 3.8) is 0 Å². The SMILES string of the molecule is COc1cc(OC(C)=O)c2ccc(=O)oc2c1OC. The van der Waals surface area contributed by atoms with Gasteiger partial charge in [-0.05, 0) is 6.07 Å². The Bertz CT molecular complexity index is 685. The summed E-state index contributed by atoms with van der Waals surface area (Å²) in [5, 5.41) is 0.451. The predicted molar refractivity (Wildman–Crippen MR) is 66.9 cm³/mol. The first kappa shape index (κ1) is 12.9. The topological polar surface area (TPSA) is 75.0 Å². The van der Waals surface area contributed by atoms with Gasteiger partial charge in [0, 0.05) is 19.1 Å². The summed E-state index contributed by atoms with van der Waals surface area (Å²) < 4.78 is 20.5. The van der Waals surface area contributed by atoms with Crippen LogP contribution in [0.15, 0.2) is 27.4 Å². The van der Waals surface area contributed by atoms with Gasteiger partial charge in [0.25, 0.3) is 0 Å². The molecule has 1 heterocycles. The molecule has 0 amide bonds. The Hall–Kier alpha value is -2.50. The van der Waals surface area contributed by atoms with Crippen molar-refractivity contribution in [2.75, 3.05) is 14.2 Å². The first-order valence-corrected chi connectivity index (χ1v) is 5.44. The van der Waals surface area contributed by atoms with Crippen molar-refractivity contribution < 1.29 is 23.4 Å². The number of hydrogen-bond acceptors (Lipinski definition) is 6. The molecule has 0 saturated carbocycles. The molecule has 1 aromatic carbocycles. The van der Waals surface area contributed by atoms with Crippen LogP contribution in [-0.2, 0) is 4.79 Å². The maximum atomic E-state index is 11.3. The van der Waals surface area contributed by atoms with E-state index >= 15 is 0 Å². The van der Waals surface area contributed by atoms with E-state index in [0.29, 0.717) is 11.1 Å². The van der Waals surface area contributed by atoms with E-state index in [0.717, 1.165) is 0 Å². The Morgan fingerprint density at radius 3 is 2.47 bits per heavy atom. The molecule has 0 radical (unpaired) electrons. The molecule has 0 aliphatic carbocycles. The van der Waals surface area contributed by atoms with Gasteiger partial charge in [-0.3, -0.25) is 4.79 Å². The van der Waals surface area contributed by atoms with Crippen molar-refractivity contribution in [1.82, 2.24) is 0 Å². The second-order valence-corrected chi connectivity index (χ2v) is 3.70. The highest BCUT2D eigenvalue weighted by Gasteiger charge is 2.18. The fourth-order valence-corrected chi connectivity index (χ4v) is 1.74. The highest BCUT2D eigenvalue weighted by Crippen LogP contribution is 2.40. The molecule has 0 N–H and O–H groups in total. The zero-order valence-corrected chi connectivity index (χ0v) is 10.7. The molecule has 2 rings (SSSR count). The van der Waals surface area contributed by atoms with Gasteiger partial charge in [0.1, 0.15) is 5.75 Å². The molecular formula is C13H12O6. The van der Waals surface area contributed by atoms with Gasteiger partial charge in [-0.25, -0.2) is 4.79 Å². The van der Waals surface area contributed by atoms with Crippen LogP contribution >= 0.6 is 0 Å². The van der Waals surface area contributed by atoms with E-state index in [1.54, 1.807) is 0 Å². The van der Waals surface area contributed by atoms with Gasteiger partial charge in [-0.15, -0.1) is 0 Å². The molecule has 0 spiro atoms. The minimum absolute atomic E-state index is 0.172. The third-order valence-electron chi connectivity index (χ3n) is 2.47. The molecule has 0 fully saturated rings. The first-order valence-electron chi connectivity index (χ1n) is 5.44. The number of carbonyl (C=O) groups excluding carboxylic acids is 1. The van der Waals surface area contributed by atoms with Gasteiger partial charge in [0.2, 0.25) is 5.75 Å². The normalized spacial score (nSPS) is 10.3. The molecule has 0 aliphatic heterocycles. The summed E-state index contributed by atoms with van der Waals surface area (Å²) in [5.74, 6) is 0.329. The Balaban J connectivity index is 2.83. The number of benzene rings is 1. The Labute approximate surface area is 108 Å². The summed E-state index contributed by atoms with van der Waals surface area (Å²) in [6, 6.07) is 4.24. The number of fused-ring (bicyclic) bond motifs is 1. The predicted octanol–water partition coefficient (Wildman–Crippen LogP) is 1.74. The van der Waals surface area contributed by atoms with Gasteiger partial charge in [-0.1, -0.05) is 0 Å². The Morgan fingerprint density at radius 1 is 1.16 bits per heavy atom. The molecule has 6 nitrogen and oxygen atoms in total. The molecule has 100 valence electrons. The zero-order valence-electron chi connectivity index (χ0n) is 10.7. The van der Waals surface area contributed by atoms with E-state index in [9.17, 15) is 9.59 Å². The number of esters is 1. The average Bonchev–Trinajstić information content (AvgIpc) is 2.37. The summed E-state index contributed by atoms with van der Waals surface area (Å²) in [5.41, 5.74) is -0.363. The maximum absolute atomic E-state index is 11.3. The van der Waals surface area contributed by atoms with E-state index < -0.39 is 11.6 Å². The fourth-order valence-electron chi connectivity index (χ4n) is 1.74. The molecule has 0 unspecified atom stereocenters. The summed E-state index contributed by atoms with van der Waals surface area (Å²) in [6.45, 7) is 1.28. The van der Waals surface area contributed by atoms with Crippen LogP contribution in [0.4, 0.5) is 0 Å². The molecule has 19 heavy (non-hydrogen) atoms. The van der Waals surface area contributed by atoms with Crippen LogP contribution in [0.3, 0.4) is 0 Å². The lowest BCUT2D eigenvalue weighted by Gasteiger charge is -2.12. The fraction of sp³-hybridized carbons (Fsp3) is 0.231. The van der Waals surface area contributed by atoms with E-state index in [-0.39, 0.29) is 17.1 Å². The van der Waals surface area contributed by atoms with Crippen molar-refractivity contribution in [1.29, 1.82) is 0 Å². The van der Waals surface area contributed by atoms with E-state index in [1.807, 2.05) is 0 Å². The molecule has 2 aromatic rings. The molecule has 0 atom stereocenters. The second kappa shape index (κ2) is 5.01. The minimum atomic E-state index is -0.534. The molecule has 6 heteroatoms. The largest absolute Gasteiger partial charge is 0.493 e. The molecule has 0 saturated heterocycles. The number of carbonyl (C=O) groups is 1. The summed E-state index contributed by atoms with van der Waals surface area (Å²) in [4.78, 5) is 22.4. The van der Waals surface area contributed by atoms with Crippen LogP contribution in [0.5, 0.6) is 17.2 Å². The lowest BCUT2D eigenvalue weighted by molar-refractivity contribution is -0.131. The summed E-state index contributed by atoms with van der Waals surface area (Å²) in [7, 11) is 2.86. The number of ether oxygens (including phenoxy) is 3. The number of hydrogen-bond donors (Lipinski definition) is 0. The van der Waals surface area contributed by atoms with Gasteiger partial charge >= 0.3 is 11.6 Å². The van der Waals surface area contributed by atoms with E-state index in [4.69, 9.17) is 18.6 Å². The van der Waals surface area contributed by atoms with Crippen molar-refractivity contribution in [3.8, 4) is 17.2 Å². The summed E-state index contributed by atoms with van der Waals surface area (Å²) >= 11 is 0. The van der Waals surface area contributed by atoms with Crippen molar-refractivity contribution in [2.24, 2.45) is 0 Å². The number of rotatable bonds is 3. The Morgan fingerprint density at radius 2 is 1.89 bits per heavy atom. The van der Waals surface area contributed by atoms with Crippen molar-refractivity contribution in [2.45, 2.75) is 6.92 Å². The lowest BCUT2D eigenvalue weighted by Crippen LogP contribution is -2.04. The molecule has 0 bridgehead atoms. The standard InChI is InChI=1S/C13H12O6/c1-7(14)18-9-6-10(16-2)13(17-3)12-8(9)4-5-11(15)19-12/h4-6H,1-3H3. The summed E-state index contributed by atoms with van der Waals surface area (Å²) in [6.07, 6.45) is 0. The molecule has 1 aromatic heterocycles. The van der Waals surface area contributed by atoms with Gasteiger partial charge in [-0.2, -0.15) is 0 Å². The monoisotopic (exact) mass is 264 g/mol. The van der Waals surface area contributed by atoms with Crippen LogP contribution < -0.4 is 19.8 Å². The molecule has 0 aliphatic rings. The highest BCUT2D eigenvalue weighted by molar-refractivity contribution is 5.92. The average molecular weight is 264 g/mol. The highest BCUT2D eigenvalue weighted by atomic mass is 16.5. The third-order valence-corrected chi connectivity index (χ3v) is 2.47. The third kappa shape index (κ3) is 2.37. The van der Waals surface area contributed by atoms with Crippen LogP contribution in [0, 0.1) is 0 Å². The van der Waals surface area contributed by atoms with Crippen LogP contribution in [0.2, 0.25) is 0 Å². The van der Waals surface area contributed by atoms with Crippen LogP contribution in [-0.4, -0.2) is 20.2 Å². The second-order valence-electron chi connectivity index (χ2n) is 3.70. The first-order chi connectivity index (χ1) is 9.06. The van der Waals surface area contributed by atoms with Crippen LogP contribution in [0.1, 0.15) is 6.92 Å². The van der Waals surface area contributed by atoms with Crippen molar-refractivity contribution >= 4 is 16.9 Å². The van der Waals surface area contributed by atoms with Crippen molar-refractivity contribution in [3.05, 3.63) is 28.6 Å².